The van der Waals surface area contributed by atoms with Crippen LogP contribution >= 0.6 is 0 Å². The van der Waals surface area contributed by atoms with E-state index in [0.717, 1.165) is 25.7 Å². The predicted molar refractivity (Wildman–Crippen MR) is 156 cm³/mol. The summed E-state index contributed by atoms with van der Waals surface area (Å²) in [5, 5.41) is 22.7. The van der Waals surface area contributed by atoms with E-state index in [2.05, 4.69) is 19.2 Å². The maximum atomic E-state index is 12.2. The van der Waals surface area contributed by atoms with E-state index in [-0.39, 0.29) is 12.5 Å². The van der Waals surface area contributed by atoms with Crippen LogP contribution in [0.15, 0.2) is 12.2 Å². The van der Waals surface area contributed by atoms with Gasteiger partial charge in [0.25, 0.3) is 0 Å². The van der Waals surface area contributed by atoms with Gasteiger partial charge in [-0.25, -0.2) is 0 Å². The van der Waals surface area contributed by atoms with Crippen molar-refractivity contribution in [2.45, 2.75) is 180 Å². The van der Waals surface area contributed by atoms with Gasteiger partial charge < -0.3 is 15.5 Å². The van der Waals surface area contributed by atoms with Crippen molar-refractivity contribution in [1.29, 1.82) is 0 Å². The van der Waals surface area contributed by atoms with Gasteiger partial charge in [0.2, 0.25) is 5.91 Å². The molecule has 1 amide bonds. The fourth-order valence-electron chi connectivity index (χ4n) is 4.76. The number of amides is 1. The first-order chi connectivity index (χ1) is 17.7. The Labute approximate surface area is 225 Å². The molecule has 0 rings (SSSR count). The van der Waals surface area contributed by atoms with Gasteiger partial charge in [0, 0.05) is 6.42 Å². The standard InChI is InChI=1S/C32H63NO3/c1-3-5-7-9-11-13-15-16-18-20-22-24-26-28-32(36)33-30(29-34)31(35)27-25-23-21-19-17-14-12-10-8-6-4-2/h25,27,30-31,34-35H,3-24,26,28-29H2,1-2H3,(H,33,36). The molecule has 3 N–H and O–H groups in total. The molecule has 0 aliphatic heterocycles. The number of allylic oxidation sites excluding steroid dienone is 1. The summed E-state index contributed by atoms with van der Waals surface area (Å²) in [5.41, 5.74) is 0. The van der Waals surface area contributed by atoms with Crippen LogP contribution in [0.2, 0.25) is 0 Å². The minimum Gasteiger partial charge on any atom is -0.394 e. The average Bonchev–Trinajstić information content (AvgIpc) is 2.88. The fourth-order valence-corrected chi connectivity index (χ4v) is 4.76. The smallest absolute Gasteiger partial charge is 0.220 e. The van der Waals surface area contributed by atoms with E-state index in [1.807, 2.05) is 6.08 Å². The molecular formula is C32H63NO3. The summed E-state index contributed by atoms with van der Waals surface area (Å²) in [6.45, 7) is 4.28. The van der Waals surface area contributed by atoms with Gasteiger partial charge in [0.05, 0.1) is 18.8 Å². The maximum absolute atomic E-state index is 12.2. The average molecular weight is 510 g/mol. The van der Waals surface area contributed by atoms with Crippen molar-refractivity contribution in [3.63, 3.8) is 0 Å². The number of aliphatic hydroxyl groups excluding tert-OH is 2. The Morgan fingerprint density at radius 3 is 1.44 bits per heavy atom. The van der Waals surface area contributed by atoms with Crippen LogP contribution in [0.3, 0.4) is 0 Å². The highest BCUT2D eigenvalue weighted by molar-refractivity contribution is 5.76. The van der Waals surface area contributed by atoms with E-state index in [9.17, 15) is 15.0 Å². The van der Waals surface area contributed by atoms with E-state index in [1.165, 1.54) is 122 Å². The van der Waals surface area contributed by atoms with Crippen LogP contribution in [0.25, 0.3) is 0 Å². The summed E-state index contributed by atoms with van der Waals surface area (Å²) in [7, 11) is 0. The zero-order valence-corrected chi connectivity index (χ0v) is 24.3. The number of aliphatic hydroxyl groups is 2. The lowest BCUT2D eigenvalue weighted by atomic mass is 10.0. The number of rotatable bonds is 28. The van der Waals surface area contributed by atoms with Crippen molar-refractivity contribution in [2.24, 2.45) is 0 Å². The molecule has 2 atom stereocenters. The number of hydrogen-bond acceptors (Lipinski definition) is 3. The molecule has 0 radical (unpaired) electrons. The Morgan fingerprint density at radius 1 is 0.639 bits per heavy atom. The van der Waals surface area contributed by atoms with Crippen LogP contribution in [0.1, 0.15) is 168 Å². The lowest BCUT2D eigenvalue weighted by Gasteiger charge is -2.20. The molecule has 0 heterocycles. The third-order valence-corrected chi connectivity index (χ3v) is 7.27. The predicted octanol–water partition coefficient (Wildman–Crippen LogP) is 8.78. The quantitative estimate of drug-likeness (QED) is 0.0729. The molecule has 214 valence electrons. The molecule has 0 aromatic carbocycles. The zero-order valence-electron chi connectivity index (χ0n) is 24.3. The van der Waals surface area contributed by atoms with Crippen LogP contribution < -0.4 is 5.32 Å². The number of nitrogens with one attached hydrogen (secondary N) is 1. The van der Waals surface area contributed by atoms with Crippen LogP contribution in [0, 0.1) is 0 Å². The molecule has 0 fully saturated rings. The Kier molecular flexibility index (Phi) is 28.0. The van der Waals surface area contributed by atoms with Crippen LogP contribution in [-0.4, -0.2) is 34.9 Å². The van der Waals surface area contributed by atoms with Gasteiger partial charge in [-0.1, -0.05) is 154 Å². The van der Waals surface area contributed by atoms with Crippen molar-refractivity contribution >= 4 is 5.91 Å². The second-order valence-electron chi connectivity index (χ2n) is 10.9. The molecule has 4 heteroatoms. The van der Waals surface area contributed by atoms with Crippen molar-refractivity contribution in [2.75, 3.05) is 6.61 Å². The molecule has 0 spiro atoms. The first kappa shape index (κ1) is 35.1. The summed E-state index contributed by atoms with van der Waals surface area (Å²) < 4.78 is 0. The summed E-state index contributed by atoms with van der Waals surface area (Å²) in [6, 6.07) is -0.612. The molecule has 0 saturated carbocycles. The minimum atomic E-state index is -0.829. The third kappa shape index (κ3) is 24.8. The summed E-state index contributed by atoms with van der Waals surface area (Å²) >= 11 is 0. The van der Waals surface area contributed by atoms with Crippen LogP contribution in [-0.2, 0) is 4.79 Å². The monoisotopic (exact) mass is 509 g/mol. The SMILES string of the molecule is CCCCCCCCCCCC=CC(O)C(CO)NC(=O)CCCCCCCCCCCCCCC. The van der Waals surface area contributed by atoms with E-state index >= 15 is 0 Å². The van der Waals surface area contributed by atoms with Gasteiger partial charge in [-0.15, -0.1) is 0 Å². The van der Waals surface area contributed by atoms with Gasteiger partial charge >= 0.3 is 0 Å². The molecule has 0 bridgehead atoms. The van der Waals surface area contributed by atoms with Crippen molar-refractivity contribution in [1.82, 2.24) is 5.32 Å². The molecule has 2 unspecified atom stereocenters. The molecule has 0 aliphatic carbocycles. The van der Waals surface area contributed by atoms with Crippen LogP contribution in [0.5, 0.6) is 0 Å². The maximum Gasteiger partial charge on any atom is 0.220 e. The Bertz CT molecular complexity index is 480. The molecule has 0 aromatic heterocycles. The summed E-state index contributed by atoms with van der Waals surface area (Å²) in [5.74, 6) is -0.0662. The van der Waals surface area contributed by atoms with Crippen molar-refractivity contribution in [3.8, 4) is 0 Å². The Morgan fingerprint density at radius 2 is 1.03 bits per heavy atom. The summed E-state index contributed by atoms with van der Waals surface area (Å²) in [4.78, 5) is 12.2. The Hall–Kier alpha value is -0.870. The molecule has 4 nitrogen and oxygen atoms in total. The lowest BCUT2D eigenvalue weighted by molar-refractivity contribution is -0.123. The third-order valence-electron chi connectivity index (χ3n) is 7.27. The molecule has 0 aliphatic rings. The fraction of sp³-hybridized carbons (Fsp3) is 0.906. The van der Waals surface area contributed by atoms with Gasteiger partial charge in [-0.3, -0.25) is 4.79 Å². The second-order valence-corrected chi connectivity index (χ2v) is 10.9. The summed E-state index contributed by atoms with van der Waals surface area (Å²) in [6.07, 6.45) is 32.8. The highest BCUT2D eigenvalue weighted by atomic mass is 16.3. The topological polar surface area (TPSA) is 69.6 Å². The van der Waals surface area contributed by atoms with Gasteiger partial charge in [0.1, 0.15) is 0 Å². The van der Waals surface area contributed by atoms with E-state index in [1.54, 1.807) is 6.08 Å². The normalized spacial score (nSPS) is 13.3. The van der Waals surface area contributed by atoms with Crippen molar-refractivity contribution < 1.29 is 15.0 Å². The Balaban J connectivity index is 3.65. The molecule has 0 saturated heterocycles. The first-order valence-electron chi connectivity index (χ1n) is 15.9. The largest absolute Gasteiger partial charge is 0.394 e. The number of carbonyl (C=O) groups excluding carboxylic acids is 1. The highest BCUT2D eigenvalue weighted by Crippen LogP contribution is 2.13. The molecule has 36 heavy (non-hydrogen) atoms. The van der Waals surface area contributed by atoms with Crippen LogP contribution in [0.4, 0.5) is 0 Å². The first-order valence-corrected chi connectivity index (χ1v) is 15.9. The van der Waals surface area contributed by atoms with E-state index in [0.29, 0.717) is 6.42 Å². The van der Waals surface area contributed by atoms with Gasteiger partial charge in [-0.2, -0.15) is 0 Å². The lowest BCUT2D eigenvalue weighted by Crippen LogP contribution is -2.45. The van der Waals surface area contributed by atoms with E-state index < -0.39 is 12.1 Å². The highest BCUT2D eigenvalue weighted by Gasteiger charge is 2.17. The number of unbranched alkanes of at least 4 members (excludes halogenated alkanes) is 21. The second kappa shape index (κ2) is 28.7. The number of carbonyl (C=O) groups is 1. The van der Waals surface area contributed by atoms with Crippen molar-refractivity contribution in [3.05, 3.63) is 12.2 Å². The van der Waals surface area contributed by atoms with Gasteiger partial charge in [-0.05, 0) is 19.3 Å². The number of hydrogen-bond donors (Lipinski definition) is 3. The van der Waals surface area contributed by atoms with Gasteiger partial charge in [0.15, 0.2) is 0 Å². The molecular weight excluding hydrogens is 446 g/mol. The zero-order chi connectivity index (χ0) is 26.5. The molecule has 0 aromatic rings. The van der Waals surface area contributed by atoms with E-state index in [4.69, 9.17) is 0 Å². The minimum absolute atomic E-state index is 0.0662.